The number of hydrogen-bond acceptors (Lipinski definition) is 4. The fraction of sp³-hybridized carbons (Fsp3) is 0.300. The zero-order valence-corrected chi connectivity index (χ0v) is 14.8. The van der Waals surface area contributed by atoms with E-state index < -0.39 is 0 Å². The van der Waals surface area contributed by atoms with Gasteiger partial charge >= 0.3 is 0 Å². The quantitative estimate of drug-likeness (QED) is 0.539. The molecule has 0 heterocycles. The molecule has 2 N–H and O–H groups in total. The molecule has 0 bridgehead atoms. The van der Waals surface area contributed by atoms with Crippen molar-refractivity contribution in [3.8, 4) is 5.75 Å². The first-order chi connectivity index (χ1) is 12.2. The van der Waals surface area contributed by atoms with Crippen LogP contribution in [-0.2, 0) is 4.79 Å². The summed E-state index contributed by atoms with van der Waals surface area (Å²) in [6.45, 7) is 4.83. The van der Waals surface area contributed by atoms with E-state index in [1.807, 2.05) is 61.5 Å². The molecule has 0 aliphatic carbocycles. The van der Waals surface area contributed by atoms with Crippen LogP contribution in [0.1, 0.15) is 32.3 Å². The van der Waals surface area contributed by atoms with Gasteiger partial charge in [-0.2, -0.15) is 5.10 Å². The summed E-state index contributed by atoms with van der Waals surface area (Å²) in [6.07, 6.45) is 1.78. The molecule has 0 saturated heterocycles. The Kier molecular flexibility index (Phi) is 7.50. The van der Waals surface area contributed by atoms with E-state index in [1.165, 1.54) is 0 Å². The average Bonchev–Trinajstić information content (AvgIpc) is 2.65. The fourth-order valence-electron chi connectivity index (χ4n) is 2.32. The Morgan fingerprint density at radius 3 is 2.40 bits per heavy atom. The lowest BCUT2D eigenvalue weighted by atomic mass is 10.1. The smallest absolute Gasteiger partial charge is 0.259 e. The number of anilines is 1. The van der Waals surface area contributed by atoms with Crippen LogP contribution in [0.25, 0.3) is 0 Å². The number of hydrazone groups is 1. The number of ether oxygens (including phenoxy) is 1. The molecule has 0 aliphatic heterocycles. The van der Waals surface area contributed by atoms with E-state index in [4.69, 9.17) is 4.74 Å². The molecule has 132 valence electrons. The number of benzene rings is 2. The molecule has 2 aromatic carbocycles. The minimum atomic E-state index is -0.182. The first-order valence-electron chi connectivity index (χ1n) is 8.60. The van der Waals surface area contributed by atoms with Crippen molar-refractivity contribution in [1.29, 1.82) is 0 Å². The van der Waals surface area contributed by atoms with Crippen LogP contribution in [0.4, 0.5) is 5.69 Å². The average molecular weight is 339 g/mol. The molecule has 0 atom stereocenters. The largest absolute Gasteiger partial charge is 0.494 e. The van der Waals surface area contributed by atoms with Crippen LogP contribution in [0.2, 0.25) is 0 Å². The Labute approximate surface area is 149 Å². The van der Waals surface area contributed by atoms with E-state index in [2.05, 4.69) is 22.8 Å². The second-order valence-electron chi connectivity index (χ2n) is 5.52. The Morgan fingerprint density at radius 1 is 1.04 bits per heavy atom. The third-order valence-corrected chi connectivity index (χ3v) is 3.53. The molecule has 0 aliphatic rings. The SMILES string of the molecule is CCC/C(=N\NC(=O)CNc1ccc(OCC)cc1)c1ccccc1. The van der Waals surface area contributed by atoms with Crippen molar-refractivity contribution in [1.82, 2.24) is 5.43 Å². The maximum atomic E-state index is 12.0. The van der Waals surface area contributed by atoms with E-state index in [-0.39, 0.29) is 12.5 Å². The van der Waals surface area contributed by atoms with Crippen LogP contribution >= 0.6 is 0 Å². The monoisotopic (exact) mass is 339 g/mol. The van der Waals surface area contributed by atoms with Gasteiger partial charge in [0, 0.05) is 5.69 Å². The molecular weight excluding hydrogens is 314 g/mol. The predicted octanol–water partition coefficient (Wildman–Crippen LogP) is 3.82. The minimum absolute atomic E-state index is 0.158. The van der Waals surface area contributed by atoms with Crippen molar-refractivity contribution in [2.45, 2.75) is 26.7 Å². The van der Waals surface area contributed by atoms with E-state index in [0.29, 0.717) is 6.61 Å². The summed E-state index contributed by atoms with van der Waals surface area (Å²) in [6, 6.07) is 17.4. The van der Waals surface area contributed by atoms with Gasteiger partial charge in [0.25, 0.3) is 5.91 Å². The summed E-state index contributed by atoms with van der Waals surface area (Å²) in [4.78, 5) is 12.0. The number of nitrogens with zero attached hydrogens (tertiary/aromatic N) is 1. The van der Waals surface area contributed by atoms with Crippen LogP contribution in [0.3, 0.4) is 0 Å². The summed E-state index contributed by atoms with van der Waals surface area (Å²) in [5, 5.41) is 7.36. The Morgan fingerprint density at radius 2 is 1.76 bits per heavy atom. The van der Waals surface area contributed by atoms with Crippen molar-refractivity contribution in [3.05, 3.63) is 60.2 Å². The van der Waals surface area contributed by atoms with E-state index in [0.717, 1.165) is 35.6 Å². The molecule has 25 heavy (non-hydrogen) atoms. The minimum Gasteiger partial charge on any atom is -0.494 e. The van der Waals surface area contributed by atoms with Crippen LogP contribution in [0, 0.1) is 0 Å². The van der Waals surface area contributed by atoms with Gasteiger partial charge in [0.2, 0.25) is 0 Å². The molecule has 0 unspecified atom stereocenters. The Hall–Kier alpha value is -2.82. The lowest BCUT2D eigenvalue weighted by Crippen LogP contribution is -2.27. The van der Waals surface area contributed by atoms with Crippen LogP contribution < -0.4 is 15.5 Å². The molecule has 5 nitrogen and oxygen atoms in total. The predicted molar refractivity (Wildman–Crippen MR) is 102 cm³/mol. The van der Waals surface area contributed by atoms with Gasteiger partial charge in [0.1, 0.15) is 5.75 Å². The van der Waals surface area contributed by atoms with Crippen LogP contribution in [0.5, 0.6) is 5.75 Å². The molecule has 0 fully saturated rings. The molecule has 0 spiro atoms. The highest BCUT2D eigenvalue weighted by Crippen LogP contribution is 2.15. The summed E-state index contributed by atoms with van der Waals surface area (Å²) >= 11 is 0. The molecular formula is C20H25N3O2. The second kappa shape index (κ2) is 10.1. The summed E-state index contributed by atoms with van der Waals surface area (Å²) in [5.41, 5.74) is 5.41. The number of rotatable bonds is 9. The Balaban J connectivity index is 1.87. The van der Waals surface area contributed by atoms with Crippen molar-refractivity contribution in [3.63, 3.8) is 0 Å². The summed E-state index contributed by atoms with van der Waals surface area (Å²) < 4.78 is 5.39. The molecule has 0 aromatic heterocycles. The second-order valence-corrected chi connectivity index (χ2v) is 5.52. The van der Waals surface area contributed by atoms with Crippen molar-refractivity contribution in [2.24, 2.45) is 5.10 Å². The number of hydrogen-bond donors (Lipinski definition) is 2. The normalized spacial score (nSPS) is 11.0. The topological polar surface area (TPSA) is 62.7 Å². The van der Waals surface area contributed by atoms with Gasteiger partial charge < -0.3 is 10.1 Å². The van der Waals surface area contributed by atoms with Gasteiger partial charge in [0.15, 0.2) is 0 Å². The number of amides is 1. The van der Waals surface area contributed by atoms with Crippen LogP contribution in [-0.4, -0.2) is 24.8 Å². The first-order valence-corrected chi connectivity index (χ1v) is 8.60. The number of carbonyl (C=O) groups excluding carboxylic acids is 1. The zero-order valence-electron chi connectivity index (χ0n) is 14.8. The zero-order chi connectivity index (χ0) is 17.9. The van der Waals surface area contributed by atoms with Gasteiger partial charge in [-0.15, -0.1) is 0 Å². The van der Waals surface area contributed by atoms with E-state index in [9.17, 15) is 4.79 Å². The van der Waals surface area contributed by atoms with Crippen molar-refractivity contribution in [2.75, 3.05) is 18.5 Å². The van der Waals surface area contributed by atoms with Crippen molar-refractivity contribution < 1.29 is 9.53 Å². The van der Waals surface area contributed by atoms with E-state index in [1.54, 1.807) is 0 Å². The number of carbonyl (C=O) groups is 1. The molecule has 2 aromatic rings. The van der Waals surface area contributed by atoms with Gasteiger partial charge in [-0.25, -0.2) is 5.43 Å². The standard InChI is InChI=1S/C20H25N3O2/c1-3-8-19(16-9-6-5-7-10-16)22-23-20(24)15-21-17-11-13-18(14-12-17)25-4-2/h5-7,9-14,21H,3-4,8,15H2,1-2H3,(H,23,24)/b22-19+. The van der Waals surface area contributed by atoms with Gasteiger partial charge in [-0.05, 0) is 43.2 Å². The third-order valence-electron chi connectivity index (χ3n) is 3.53. The van der Waals surface area contributed by atoms with E-state index >= 15 is 0 Å². The molecule has 0 saturated carbocycles. The lowest BCUT2D eigenvalue weighted by Gasteiger charge is -2.09. The first kappa shape index (κ1) is 18.5. The highest BCUT2D eigenvalue weighted by Gasteiger charge is 2.05. The molecule has 5 heteroatoms. The highest BCUT2D eigenvalue weighted by atomic mass is 16.5. The maximum Gasteiger partial charge on any atom is 0.259 e. The summed E-state index contributed by atoms with van der Waals surface area (Å²) in [5.74, 6) is 0.632. The highest BCUT2D eigenvalue weighted by molar-refractivity contribution is 6.01. The van der Waals surface area contributed by atoms with Gasteiger partial charge in [-0.3, -0.25) is 4.79 Å². The Bertz CT molecular complexity index is 682. The van der Waals surface area contributed by atoms with Crippen LogP contribution in [0.15, 0.2) is 59.7 Å². The lowest BCUT2D eigenvalue weighted by molar-refractivity contribution is -0.119. The van der Waals surface area contributed by atoms with Gasteiger partial charge in [0.05, 0.1) is 18.9 Å². The molecule has 1 amide bonds. The van der Waals surface area contributed by atoms with Crippen molar-refractivity contribution >= 4 is 17.3 Å². The fourth-order valence-corrected chi connectivity index (χ4v) is 2.32. The maximum absolute atomic E-state index is 12.0. The third kappa shape index (κ3) is 6.30. The molecule has 0 radical (unpaired) electrons. The number of nitrogens with one attached hydrogen (secondary N) is 2. The summed E-state index contributed by atoms with van der Waals surface area (Å²) in [7, 11) is 0. The van der Waals surface area contributed by atoms with Gasteiger partial charge in [-0.1, -0.05) is 43.7 Å². The molecule has 2 rings (SSSR count).